The van der Waals surface area contributed by atoms with Gasteiger partial charge >= 0.3 is 0 Å². The zero-order valence-corrected chi connectivity index (χ0v) is 18.8. The zero-order valence-electron chi connectivity index (χ0n) is 18.1. The topological polar surface area (TPSA) is 96.2 Å². The molecule has 0 radical (unpaired) electrons. The number of piperidine rings is 1. The molecule has 10 heteroatoms. The molecule has 1 unspecified atom stereocenters. The number of anilines is 1. The number of pyridine rings is 2. The third kappa shape index (κ3) is 4.29. The van der Waals surface area contributed by atoms with Crippen LogP contribution in [0, 0.1) is 28.9 Å². The van der Waals surface area contributed by atoms with Crippen LogP contribution in [0.5, 0.6) is 0 Å². The fourth-order valence-electron chi connectivity index (χ4n) is 4.35. The predicted octanol–water partition coefficient (Wildman–Crippen LogP) is 3.49. The molecule has 1 aliphatic heterocycles. The molecule has 0 bridgehead atoms. The van der Waals surface area contributed by atoms with Crippen LogP contribution >= 0.6 is 11.6 Å². The molecule has 3 heterocycles. The van der Waals surface area contributed by atoms with Crippen molar-refractivity contribution in [2.75, 3.05) is 32.1 Å². The van der Waals surface area contributed by atoms with Crippen molar-refractivity contribution in [2.24, 2.45) is 5.92 Å². The Morgan fingerprint density at radius 2 is 2.12 bits per heavy atom. The summed E-state index contributed by atoms with van der Waals surface area (Å²) >= 11 is 6.17. The van der Waals surface area contributed by atoms with Gasteiger partial charge in [0.2, 0.25) is 0 Å². The minimum Gasteiger partial charge on any atom is -0.378 e. The summed E-state index contributed by atoms with van der Waals surface area (Å²) in [5.74, 6) is -1.95. The van der Waals surface area contributed by atoms with Crippen LogP contribution in [0.1, 0.15) is 18.5 Å². The van der Waals surface area contributed by atoms with E-state index >= 15 is 8.78 Å². The Hall–Kier alpha value is -3.06. The third-order valence-electron chi connectivity index (χ3n) is 5.97. The van der Waals surface area contributed by atoms with Gasteiger partial charge in [-0.25, -0.2) is 13.8 Å². The maximum absolute atomic E-state index is 15.5. The summed E-state index contributed by atoms with van der Waals surface area (Å²) in [6.45, 7) is 0.674. The highest BCUT2D eigenvalue weighted by Crippen LogP contribution is 2.34. The number of rotatable bonds is 4. The lowest BCUT2D eigenvalue weighted by Crippen LogP contribution is -2.46. The molecule has 0 spiro atoms. The molecule has 2 atom stereocenters. The maximum Gasteiger partial charge on any atom is 0.193 e. The first-order chi connectivity index (χ1) is 15.7. The first-order valence-corrected chi connectivity index (χ1v) is 10.8. The van der Waals surface area contributed by atoms with Crippen LogP contribution in [-0.4, -0.2) is 53.4 Å². The molecule has 7 nitrogen and oxygen atoms in total. The zero-order chi connectivity index (χ0) is 23.9. The highest BCUT2D eigenvalue weighted by molar-refractivity contribution is 6.33. The highest BCUT2D eigenvalue weighted by atomic mass is 35.5. The van der Waals surface area contributed by atoms with Gasteiger partial charge in [-0.1, -0.05) is 11.6 Å². The number of benzene rings is 1. The Morgan fingerprint density at radius 1 is 1.36 bits per heavy atom. The highest BCUT2D eigenvalue weighted by Gasteiger charge is 2.31. The Balaban J connectivity index is 1.80. The second-order valence-corrected chi connectivity index (χ2v) is 8.78. The summed E-state index contributed by atoms with van der Waals surface area (Å²) in [4.78, 5) is 22.8. The van der Waals surface area contributed by atoms with Gasteiger partial charge in [0.05, 0.1) is 21.6 Å². The van der Waals surface area contributed by atoms with E-state index in [1.165, 1.54) is 18.3 Å². The van der Waals surface area contributed by atoms with E-state index in [-0.39, 0.29) is 45.5 Å². The number of fused-ring (bicyclic) bond motifs is 1. The molecule has 1 aliphatic rings. The number of nitrogens with zero attached hydrogens (tertiary/aromatic N) is 4. The van der Waals surface area contributed by atoms with Crippen molar-refractivity contribution in [3.05, 3.63) is 57.0 Å². The van der Waals surface area contributed by atoms with E-state index in [1.807, 2.05) is 6.07 Å². The van der Waals surface area contributed by atoms with Crippen molar-refractivity contribution in [1.82, 2.24) is 14.9 Å². The first-order valence-electron chi connectivity index (χ1n) is 10.4. The normalized spacial score (nSPS) is 17.4. The monoisotopic (exact) mass is 473 g/mol. The van der Waals surface area contributed by atoms with E-state index < -0.39 is 23.3 Å². The van der Waals surface area contributed by atoms with Crippen LogP contribution in [0.3, 0.4) is 0 Å². The number of nitriles is 1. The Bertz CT molecular complexity index is 1320. The molecule has 1 aromatic carbocycles. The number of hydrogen-bond acceptors (Lipinski definition) is 6. The molecule has 0 saturated carbocycles. The van der Waals surface area contributed by atoms with Crippen LogP contribution in [0.2, 0.25) is 5.02 Å². The second kappa shape index (κ2) is 9.06. The van der Waals surface area contributed by atoms with Crippen molar-refractivity contribution >= 4 is 28.2 Å². The molecule has 33 heavy (non-hydrogen) atoms. The van der Waals surface area contributed by atoms with E-state index in [1.54, 1.807) is 23.9 Å². The minimum atomic E-state index is -0.948. The quantitative estimate of drug-likeness (QED) is 0.563. The lowest BCUT2D eigenvalue weighted by atomic mass is 9.95. The molecule has 172 valence electrons. The lowest BCUT2D eigenvalue weighted by molar-refractivity contribution is -0.0145. The summed E-state index contributed by atoms with van der Waals surface area (Å²) in [7, 11) is 3.49. The maximum atomic E-state index is 15.5. The number of aliphatic hydroxyl groups is 1. The molecule has 1 saturated heterocycles. The second-order valence-electron chi connectivity index (χ2n) is 8.38. The Labute approximate surface area is 193 Å². The smallest absolute Gasteiger partial charge is 0.193 e. The van der Waals surface area contributed by atoms with Crippen LogP contribution in [0.25, 0.3) is 22.2 Å². The van der Waals surface area contributed by atoms with Crippen molar-refractivity contribution in [1.29, 1.82) is 5.26 Å². The van der Waals surface area contributed by atoms with Crippen LogP contribution < -0.4 is 10.3 Å². The summed E-state index contributed by atoms with van der Waals surface area (Å²) in [5.41, 5.74) is -0.318. The van der Waals surface area contributed by atoms with Gasteiger partial charge in [-0.2, -0.15) is 5.26 Å². The molecule has 2 N–H and O–H groups in total. The Kier molecular flexibility index (Phi) is 6.34. The van der Waals surface area contributed by atoms with Crippen LogP contribution in [-0.2, 0) is 0 Å². The molecular weight excluding hydrogens is 452 g/mol. The van der Waals surface area contributed by atoms with E-state index in [9.17, 15) is 9.90 Å². The summed E-state index contributed by atoms with van der Waals surface area (Å²) in [6.07, 6.45) is 1.92. The lowest BCUT2D eigenvalue weighted by Gasteiger charge is -2.38. The summed E-state index contributed by atoms with van der Waals surface area (Å²) in [5, 5.41) is 19.4. The van der Waals surface area contributed by atoms with Crippen molar-refractivity contribution in [3.63, 3.8) is 0 Å². The fraction of sp³-hybridized carbons (Fsp3) is 0.348. The molecular formula is C23H22ClF2N5O2. The largest absolute Gasteiger partial charge is 0.378 e. The standard InChI is InChI=1S/C23H22ClF2N5O2/c1-30(2)23(33)12-4-3-5-31(11-12)22-16(25)7-18-20(21(22)26)19(32)8-17(29-18)14-6-13(9-27)28-10-15(14)24/h6-8,10,12,23,33H,3-5,11H2,1-2H3,(H,29,32)/t12-,23?/m0/s1. The minimum absolute atomic E-state index is 0.0236. The van der Waals surface area contributed by atoms with E-state index in [2.05, 4.69) is 9.97 Å². The van der Waals surface area contributed by atoms with Gasteiger partial charge in [0.25, 0.3) is 0 Å². The summed E-state index contributed by atoms with van der Waals surface area (Å²) < 4.78 is 30.7. The van der Waals surface area contributed by atoms with E-state index in [0.717, 1.165) is 12.5 Å². The van der Waals surface area contributed by atoms with E-state index in [0.29, 0.717) is 18.5 Å². The van der Waals surface area contributed by atoms with Crippen molar-refractivity contribution in [2.45, 2.75) is 19.1 Å². The van der Waals surface area contributed by atoms with Gasteiger partial charge in [0.1, 0.15) is 23.7 Å². The molecule has 0 amide bonds. The first kappa shape index (κ1) is 23.1. The van der Waals surface area contributed by atoms with Gasteiger partial charge in [0, 0.05) is 42.9 Å². The Morgan fingerprint density at radius 3 is 2.82 bits per heavy atom. The average Bonchev–Trinajstić information content (AvgIpc) is 2.78. The summed E-state index contributed by atoms with van der Waals surface area (Å²) in [6, 6.07) is 5.54. The van der Waals surface area contributed by atoms with Crippen LogP contribution in [0.4, 0.5) is 14.5 Å². The van der Waals surface area contributed by atoms with Gasteiger partial charge < -0.3 is 15.0 Å². The van der Waals surface area contributed by atoms with Crippen molar-refractivity contribution in [3.8, 4) is 17.3 Å². The average molecular weight is 474 g/mol. The number of halogens is 3. The molecule has 2 aromatic heterocycles. The number of nitrogens with one attached hydrogen (secondary N) is 1. The molecule has 1 fully saturated rings. The number of hydrogen-bond donors (Lipinski definition) is 2. The number of aliphatic hydroxyl groups excluding tert-OH is 1. The van der Waals surface area contributed by atoms with Crippen LogP contribution in [0.15, 0.2) is 29.2 Å². The van der Waals surface area contributed by atoms with Gasteiger partial charge in [0.15, 0.2) is 17.1 Å². The fourth-order valence-corrected chi connectivity index (χ4v) is 4.56. The van der Waals surface area contributed by atoms with E-state index in [4.69, 9.17) is 16.9 Å². The third-order valence-corrected chi connectivity index (χ3v) is 6.27. The SMILES string of the molecule is CN(C)C(O)[C@H]1CCCN(c2c(F)cc3[nH]c(-c4cc(C#N)ncc4Cl)cc(=O)c3c2F)C1. The predicted molar refractivity (Wildman–Crippen MR) is 122 cm³/mol. The van der Waals surface area contributed by atoms with Crippen molar-refractivity contribution < 1.29 is 13.9 Å². The molecule has 3 aromatic rings. The van der Waals surface area contributed by atoms with Gasteiger partial charge in [-0.05, 0) is 33.0 Å². The van der Waals surface area contributed by atoms with Gasteiger partial charge in [-0.15, -0.1) is 0 Å². The number of aromatic nitrogens is 2. The number of aromatic amines is 1. The molecule has 4 rings (SSSR count). The van der Waals surface area contributed by atoms with Gasteiger partial charge in [-0.3, -0.25) is 9.69 Å². The number of H-pyrrole nitrogens is 1. The molecule has 0 aliphatic carbocycles.